The van der Waals surface area contributed by atoms with E-state index < -0.39 is 0 Å². The van der Waals surface area contributed by atoms with Crippen LogP contribution in [0.15, 0.2) is 12.1 Å². The molecule has 0 spiro atoms. The molecule has 1 saturated heterocycles. The molecule has 1 aliphatic heterocycles. The van der Waals surface area contributed by atoms with E-state index in [-0.39, 0.29) is 30.5 Å². The Hall–Kier alpha value is -0.620. The average molecular weight is 319 g/mol. The average Bonchev–Trinajstić information content (AvgIpc) is 2.75. The van der Waals surface area contributed by atoms with Crippen LogP contribution >= 0.6 is 23.7 Å². The van der Waals surface area contributed by atoms with E-state index in [1.165, 1.54) is 9.75 Å². The molecule has 1 amide bonds. The SMILES string of the molecule is Cc1ccc(CC(C)NC(=O)CC2CNCCO2)s1.Cl. The first-order chi connectivity index (χ1) is 9.13. The van der Waals surface area contributed by atoms with Crippen LogP contribution < -0.4 is 10.6 Å². The van der Waals surface area contributed by atoms with Gasteiger partial charge in [-0.15, -0.1) is 23.7 Å². The highest BCUT2D eigenvalue weighted by molar-refractivity contribution is 7.11. The summed E-state index contributed by atoms with van der Waals surface area (Å²) in [5, 5.41) is 6.28. The highest BCUT2D eigenvalue weighted by Gasteiger charge is 2.18. The molecule has 2 heterocycles. The Morgan fingerprint density at radius 2 is 2.40 bits per heavy atom. The molecule has 114 valence electrons. The van der Waals surface area contributed by atoms with Crippen molar-refractivity contribution in [3.05, 3.63) is 21.9 Å². The van der Waals surface area contributed by atoms with E-state index in [1.807, 2.05) is 6.92 Å². The predicted octanol–water partition coefficient (Wildman–Crippen LogP) is 1.90. The van der Waals surface area contributed by atoms with Crippen LogP contribution in [-0.4, -0.2) is 37.7 Å². The lowest BCUT2D eigenvalue weighted by molar-refractivity contribution is -0.125. The highest BCUT2D eigenvalue weighted by Crippen LogP contribution is 2.16. The van der Waals surface area contributed by atoms with Crippen molar-refractivity contribution in [3.63, 3.8) is 0 Å². The molecule has 1 fully saturated rings. The van der Waals surface area contributed by atoms with E-state index in [0.717, 1.165) is 19.5 Å². The zero-order valence-corrected chi connectivity index (χ0v) is 13.6. The number of rotatable bonds is 5. The summed E-state index contributed by atoms with van der Waals surface area (Å²) in [5.41, 5.74) is 0. The minimum atomic E-state index is 0. The first-order valence-electron chi connectivity index (χ1n) is 6.80. The maximum Gasteiger partial charge on any atom is 0.222 e. The Morgan fingerprint density at radius 3 is 3.00 bits per heavy atom. The molecular formula is C14H23ClN2O2S. The number of nitrogens with one attached hydrogen (secondary N) is 2. The van der Waals surface area contributed by atoms with E-state index in [1.54, 1.807) is 11.3 Å². The lowest BCUT2D eigenvalue weighted by Crippen LogP contribution is -2.43. The Kier molecular flexibility index (Phi) is 7.51. The molecule has 2 unspecified atom stereocenters. The van der Waals surface area contributed by atoms with Crippen LogP contribution in [0.1, 0.15) is 23.1 Å². The molecule has 4 nitrogen and oxygen atoms in total. The fourth-order valence-corrected chi connectivity index (χ4v) is 3.26. The van der Waals surface area contributed by atoms with Gasteiger partial charge in [0.05, 0.1) is 19.1 Å². The summed E-state index contributed by atoms with van der Waals surface area (Å²) in [5.74, 6) is 0.0782. The van der Waals surface area contributed by atoms with Gasteiger partial charge in [0, 0.05) is 35.3 Å². The minimum absolute atomic E-state index is 0. The molecular weight excluding hydrogens is 296 g/mol. The number of aryl methyl sites for hydroxylation is 1. The summed E-state index contributed by atoms with van der Waals surface area (Å²) in [7, 11) is 0. The summed E-state index contributed by atoms with van der Waals surface area (Å²) in [4.78, 5) is 14.5. The fourth-order valence-electron chi connectivity index (χ4n) is 2.24. The summed E-state index contributed by atoms with van der Waals surface area (Å²) in [6.45, 7) is 6.50. The lowest BCUT2D eigenvalue weighted by atomic mass is 10.1. The van der Waals surface area contributed by atoms with Crippen LogP contribution in [0.4, 0.5) is 0 Å². The van der Waals surface area contributed by atoms with Crippen LogP contribution in [-0.2, 0) is 16.0 Å². The van der Waals surface area contributed by atoms with Crippen LogP contribution in [0, 0.1) is 6.92 Å². The van der Waals surface area contributed by atoms with Crippen molar-refractivity contribution in [3.8, 4) is 0 Å². The monoisotopic (exact) mass is 318 g/mol. The quantitative estimate of drug-likeness (QED) is 0.872. The van der Waals surface area contributed by atoms with E-state index >= 15 is 0 Å². The maximum atomic E-state index is 11.9. The molecule has 20 heavy (non-hydrogen) atoms. The molecule has 0 radical (unpaired) electrons. The molecule has 0 saturated carbocycles. The van der Waals surface area contributed by atoms with Crippen LogP contribution in [0.25, 0.3) is 0 Å². The van der Waals surface area contributed by atoms with Crippen molar-refractivity contribution in [1.29, 1.82) is 0 Å². The third-order valence-electron chi connectivity index (χ3n) is 3.13. The van der Waals surface area contributed by atoms with E-state index in [0.29, 0.717) is 13.0 Å². The first-order valence-corrected chi connectivity index (χ1v) is 7.62. The molecule has 1 aromatic heterocycles. The number of morpholine rings is 1. The third-order valence-corrected chi connectivity index (χ3v) is 4.15. The first kappa shape index (κ1) is 17.4. The van der Waals surface area contributed by atoms with E-state index in [4.69, 9.17) is 4.74 Å². The second-order valence-corrected chi connectivity index (χ2v) is 6.46. The molecule has 2 rings (SSSR count). The largest absolute Gasteiger partial charge is 0.375 e. The topological polar surface area (TPSA) is 50.4 Å². The van der Waals surface area contributed by atoms with Gasteiger partial charge < -0.3 is 15.4 Å². The van der Waals surface area contributed by atoms with Crippen LogP contribution in [0.2, 0.25) is 0 Å². The van der Waals surface area contributed by atoms with E-state index in [2.05, 4.69) is 29.7 Å². The number of carbonyl (C=O) groups excluding carboxylic acids is 1. The molecule has 2 N–H and O–H groups in total. The molecule has 0 bridgehead atoms. The summed E-state index contributed by atoms with van der Waals surface area (Å²) < 4.78 is 5.53. The predicted molar refractivity (Wildman–Crippen MR) is 84.8 cm³/mol. The van der Waals surface area contributed by atoms with Gasteiger partial charge in [0.1, 0.15) is 0 Å². The lowest BCUT2D eigenvalue weighted by Gasteiger charge is -2.23. The third kappa shape index (κ3) is 5.79. The van der Waals surface area contributed by atoms with Crippen molar-refractivity contribution < 1.29 is 9.53 Å². The second kappa shape index (κ2) is 8.62. The summed E-state index contributed by atoms with van der Waals surface area (Å²) >= 11 is 1.79. The van der Waals surface area contributed by atoms with Crippen LogP contribution in [0.5, 0.6) is 0 Å². The van der Waals surface area contributed by atoms with Crippen molar-refractivity contribution in [2.24, 2.45) is 0 Å². The molecule has 6 heteroatoms. The van der Waals surface area contributed by atoms with Gasteiger partial charge in [-0.1, -0.05) is 0 Å². The summed E-state index contributed by atoms with van der Waals surface area (Å²) in [6.07, 6.45) is 1.36. The highest BCUT2D eigenvalue weighted by atomic mass is 35.5. The second-order valence-electron chi connectivity index (χ2n) is 5.09. The van der Waals surface area contributed by atoms with Gasteiger partial charge in [0.15, 0.2) is 0 Å². The number of hydrogen-bond acceptors (Lipinski definition) is 4. The molecule has 0 aromatic carbocycles. The Labute approximate surface area is 130 Å². The number of amides is 1. The zero-order chi connectivity index (χ0) is 13.7. The fraction of sp³-hybridized carbons (Fsp3) is 0.643. The number of thiophene rings is 1. The van der Waals surface area contributed by atoms with Gasteiger partial charge in [-0.05, 0) is 26.0 Å². The van der Waals surface area contributed by atoms with Crippen LogP contribution in [0.3, 0.4) is 0 Å². The van der Waals surface area contributed by atoms with Gasteiger partial charge in [-0.2, -0.15) is 0 Å². The van der Waals surface area contributed by atoms with E-state index in [9.17, 15) is 4.79 Å². The summed E-state index contributed by atoms with van der Waals surface area (Å²) in [6, 6.07) is 4.43. The van der Waals surface area contributed by atoms with Gasteiger partial charge >= 0.3 is 0 Å². The standard InChI is InChI=1S/C14H22N2O2S.ClH/c1-10(7-13-4-3-11(2)19-13)16-14(17)8-12-9-15-5-6-18-12;/h3-4,10,12,15H,5-9H2,1-2H3,(H,16,17);1H. The zero-order valence-electron chi connectivity index (χ0n) is 12.0. The smallest absolute Gasteiger partial charge is 0.222 e. The molecule has 0 aliphatic carbocycles. The van der Waals surface area contributed by atoms with Crippen molar-refractivity contribution in [2.45, 2.75) is 38.8 Å². The number of ether oxygens (including phenoxy) is 1. The van der Waals surface area contributed by atoms with Crippen molar-refractivity contribution in [2.75, 3.05) is 19.7 Å². The number of hydrogen-bond donors (Lipinski definition) is 2. The maximum absolute atomic E-state index is 11.9. The molecule has 1 aliphatic rings. The molecule has 1 aromatic rings. The Bertz CT molecular complexity index is 419. The van der Waals surface area contributed by atoms with Crippen molar-refractivity contribution >= 4 is 29.7 Å². The van der Waals surface area contributed by atoms with Gasteiger partial charge in [-0.25, -0.2) is 0 Å². The minimum Gasteiger partial charge on any atom is -0.375 e. The Balaban J connectivity index is 0.00000200. The van der Waals surface area contributed by atoms with Crippen molar-refractivity contribution in [1.82, 2.24) is 10.6 Å². The van der Waals surface area contributed by atoms with Gasteiger partial charge in [-0.3, -0.25) is 4.79 Å². The number of halogens is 1. The number of carbonyl (C=O) groups is 1. The Morgan fingerprint density at radius 1 is 1.60 bits per heavy atom. The normalized spacial score (nSPS) is 20.0. The molecule has 2 atom stereocenters. The van der Waals surface area contributed by atoms with Gasteiger partial charge in [0.25, 0.3) is 0 Å². The van der Waals surface area contributed by atoms with Gasteiger partial charge in [0.2, 0.25) is 5.91 Å².